The van der Waals surface area contributed by atoms with Crippen molar-refractivity contribution in [2.45, 2.75) is 46.6 Å². The van der Waals surface area contributed by atoms with Gasteiger partial charge < -0.3 is 5.32 Å². The summed E-state index contributed by atoms with van der Waals surface area (Å²) in [5, 5.41) is 7.22. The van der Waals surface area contributed by atoms with Gasteiger partial charge in [-0.1, -0.05) is 61.9 Å². The molecule has 2 N–H and O–H groups in total. The molecule has 0 fully saturated rings. The molecule has 0 heterocycles. The second kappa shape index (κ2) is 9.72. The van der Waals surface area contributed by atoms with Gasteiger partial charge in [0.25, 0.3) is 5.91 Å². The molecule has 2 rings (SSSR count). The van der Waals surface area contributed by atoms with Crippen LogP contribution in [0.3, 0.4) is 0 Å². The monoisotopic (exact) mass is 363 g/mol. The van der Waals surface area contributed by atoms with E-state index >= 15 is 0 Å². The third kappa shape index (κ3) is 6.74. The zero-order valence-corrected chi connectivity index (χ0v) is 16.8. The number of nitrogens with zero attached hydrogens (tertiary/aromatic N) is 1. The summed E-state index contributed by atoms with van der Waals surface area (Å²) in [4.78, 5) is 12.1. The quantitative estimate of drug-likeness (QED) is 0.529. The first kappa shape index (κ1) is 20.4. The number of allylic oxidation sites excluding steroid dienone is 1. The Balaban J connectivity index is 1.87. The molecule has 0 aliphatic carbocycles. The number of hydrogen-bond acceptors (Lipinski definition) is 3. The maximum Gasteiger partial charge on any atom is 0.262 e. The maximum absolute atomic E-state index is 12.1. The number of nitrogens with one attached hydrogen (secondary N) is 2. The number of carbonyl (C=O) groups is 1. The third-order valence-electron chi connectivity index (χ3n) is 4.27. The van der Waals surface area contributed by atoms with Gasteiger partial charge in [0.05, 0.1) is 6.21 Å². The summed E-state index contributed by atoms with van der Waals surface area (Å²) in [5.74, 6) is 0.345. The highest BCUT2D eigenvalue weighted by Crippen LogP contribution is 2.16. The van der Waals surface area contributed by atoms with Gasteiger partial charge in [0.15, 0.2) is 0 Å². The van der Waals surface area contributed by atoms with Crippen molar-refractivity contribution in [3.63, 3.8) is 0 Å². The average Bonchev–Trinajstić information content (AvgIpc) is 2.64. The predicted octanol–water partition coefficient (Wildman–Crippen LogP) is 5.12. The molecule has 0 aliphatic heterocycles. The predicted molar refractivity (Wildman–Crippen MR) is 115 cm³/mol. The molecule has 2 aromatic carbocycles. The van der Waals surface area contributed by atoms with Crippen molar-refractivity contribution in [1.82, 2.24) is 5.43 Å². The van der Waals surface area contributed by atoms with Crippen molar-refractivity contribution in [2.75, 3.05) is 5.32 Å². The lowest BCUT2D eigenvalue weighted by Crippen LogP contribution is -2.34. The molecule has 0 spiro atoms. The molecule has 0 saturated heterocycles. The summed E-state index contributed by atoms with van der Waals surface area (Å²) in [6.45, 7) is 10.2. The van der Waals surface area contributed by atoms with E-state index in [-0.39, 0.29) is 11.9 Å². The van der Waals surface area contributed by atoms with Gasteiger partial charge in [0, 0.05) is 5.69 Å². The average molecular weight is 364 g/mol. The first-order chi connectivity index (χ1) is 12.8. The minimum absolute atomic E-state index is 0.180. The van der Waals surface area contributed by atoms with Crippen LogP contribution >= 0.6 is 0 Å². The standard InChI is InChI=1S/C23H29N3O/c1-16(2)21-10-8-20(9-11-21)14-18(4)15-24-26-23(27)19(5)25-22-12-6-17(3)7-13-22/h6-16,19,25H,1-5H3,(H,26,27)/b18-14-,24-15?/t19-/m1/s1. The normalized spacial score (nSPS) is 13.0. The molecule has 1 atom stereocenters. The molecule has 0 radical (unpaired) electrons. The molecule has 142 valence electrons. The molecule has 4 heteroatoms. The smallest absolute Gasteiger partial charge is 0.262 e. The van der Waals surface area contributed by atoms with Crippen LogP contribution in [-0.2, 0) is 4.79 Å². The van der Waals surface area contributed by atoms with Gasteiger partial charge >= 0.3 is 0 Å². The highest BCUT2D eigenvalue weighted by atomic mass is 16.2. The van der Waals surface area contributed by atoms with Crippen molar-refractivity contribution >= 4 is 23.9 Å². The molecule has 0 aromatic heterocycles. The van der Waals surface area contributed by atoms with Crippen molar-refractivity contribution < 1.29 is 4.79 Å². The van der Waals surface area contributed by atoms with Gasteiger partial charge in [0.1, 0.15) is 6.04 Å². The number of anilines is 1. The van der Waals surface area contributed by atoms with Crippen LogP contribution in [0.25, 0.3) is 6.08 Å². The van der Waals surface area contributed by atoms with E-state index in [0.717, 1.165) is 16.8 Å². The van der Waals surface area contributed by atoms with E-state index in [0.29, 0.717) is 5.92 Å². The zero-order chi connectivity index (χ0) is 19.8. The number of rotatable bonds is 7. The summed E-state index contributed by atoms with van der Waals surface area (Å²) in [7, 11) is 0. The SMILES string of the molecule is C/C(C=NNC(=O)[C@@H](C)Nc1ccc(C)cc1)=C/c1ccc(C(C)C)cc1. The Bertz CT molecular complexity index is 803. The number of carbonyl (C=O) groups excluding carboxylic acids is 1. The van der Waals surface area contributed by atoms with E-state index in [1.54, 1.807) is 6.21 Å². The van der Waals surface area contributed by atoms with Gasteiger partial charge in [-0.2, -0.15) is 5.10 Å². The molecule has 0 saturated carbocycles. The summed E-state index contributed by atoms with van der Waals surface area (Å²) in [6, 6.07) is 16.0. The van der Waals surface area contributed by atoms with Gasteiger partial charge in [-0.05, 0) is 55.5 Å². The molecule has 2 aromatic rings. The van der Waals surface area contributed by atoms with E-state index in [2.05, 4.69) is 54.0 Å². The van der Waals surface area contributed by atoms with Crippen molar-refractivity contribution in [2.24, 2.45) is 5.10 Å². The van der Waals surface area contributed by atoms with Crippen molar-refractivity contribution in [3.05, 3.63) is 70.8 Å². The van der Waals surface area contributed by atoms with Crippen LogP contribution in [-0.4, -0.2) is 18.2 Å². The van der Waals surface area contributed by atoms with E-state index in [9.17, 15) is 4.79 Å². The van der Waals surface area contributed by atoms with Crippen molar-refractivity contribution in [3.8, 4) is 0 Å². The number of hydrazone groups is 1. The first-order valence-electron chi connectivity index (χ1n) is 9.29. The van der Waals surface area contributed by atoms with E-state index in [1.807, 2.05) is 51.1 Å². The maximum atomic E-state index is 12.1. The van der Waals surface area contributed by atoms with Gasteiger partial charge in [-0.3, -0.25) is 4.79 Å². The van der Waals surface area contributed by atoms with Crippen LogP contribution in [0.5, 0.6) is 0 Å². The third-order valence-corrected chi connectivity index (χ3v) is 4.27. The summed E-state index contributed by atoms with van der Waals surface area (Å²) in [5.41, 5.74) is 8.08. The Kier molecular flexibility index (Phi) is 7.35. The number of hydrogen-bond donors (Lipinski definition) is 2. The van der Waals surface area contributed by atoms with E-state index in [4.69, 9.17) is 0 Å². The topological polar surface area (TPSA) is 53.5 Å². The van der Waals surface area contributed by atoms with Crippen LogP contribution < -0.4 is 10.7 Å². The fourth-order valence-electron chi connectivity index (χ4n) is 2.54. The minimum atomic E-state index is -0.377. The van der Waals surface area contributed by atoms with Gasteiger partial charge in [-0.25, -0.2) is 5.43 Å². The summed E-state index contributed by atoms with van der Waals surface area (Å²) in [6.07, 6.45) is 3.70. The van der Waals surface area contributed by atoms with Gasteiger partial charge in [0.2, 0.25) is 0 Å². The van der Waals surface area contributed by atoms with Crippen LogP contribution in [0.2, 0.25) is 0 Å². The van der Waals surface area contributed by atoms with Crippen LogP contribution in [0, 0.1) is 6.92 Å². The minimum Gasteiger partial charge on any atom is -0.374 e. The second-order valence-electron chi connectivity index (χ2n) is 7.18. The van der Waals surface area contributed by atoms with Crippen LogP contribution in [0.1, 0.15) is 50.3 Å². The Labute approximate surface area is 162 Å². The molecule has 0 aliphatic rings. The Hall–Kier alpha value is -2.88. The first-order valence-corrected chi connectivity index (χ1v) is 9.29. The van der Waals surface area contributed by atoms with Crippen LogP contribution in [0.4, 0.5) is 5.69 Å². The Morgan fingerprint density at radius 2 is 1.63 bits per heavy atom. The fourth-order valence-corrected chi connectivity index (χ4v) is 2.54. The fraction of sp³-hybridized carbons (Fsp3) is 0.304. The van der Waals surface area contributed by atoms with E-state index < -0.39 is 0 Å². The lowest BCUT2D eigenvalue weighted by Gasteiger charge is -2.13. The molecule has 0 unspecified atom stereocenters. The van der Waals surface area contributed by atoms with Crippen LogP contribution in [0.15, 0.2) is 59.2 Å². The van der Waals surface area contributed by atoms with E-state index in [1.165, 1.54) is 11.1 Å². The molecular formula is C23H29N3O. The second-order valence-corrected chi connectivity index (χ2v) is 7.18. The largest absolute Gasteiger partial charge is 0.374 e. The number of amides is 1. The molecular weight excluding hydrogens is 334 g/mol. The Morgan fingerprint density at radius 3 is 2.22 bits per heavy atom. The summed E-state index contributed by atoms with van der Waals surface area (Å²) < 4.78 is 0. The highest BCUT2D eigenvalue weighted by Gasteiger charge is 2.11. The number of benzene rings is 2. The molecule has 1 amide bonds. The molecule has 0 bridgehead atoms. The van der Waals surface area contributed by atoms with Gasteiger partial charge in [-0.15, -0.1) is 0 Å². The Morgan fingerprint density at radius 1 is 1.00 bits per heavy atom. The highest BCUT2D eigenvalue weighted by molar-refractivity contribution is 5.88. The molecule has 27 heavy (non-hydrogen) atoms. The number of aryl methyl sites for hydroxylation is 1. The molecule has 4 nitrogen and oxygen atoms in total. The summed E-state index contributed by atoms with van der Waals surface area (Å²) >= 11 is 0. The zero-order valence-electron chi connectivity index (χ0n) is 16.8. The lowest BCUT2D eigenvalue weighted by molar-refractivity contribution is -0.121. The lowest BCUT2D eigenvalue weighted by atomic mass is 10.0. The van der Waals surface area contributed by atoms with Crippen molar-refractivity contribution in [1.29, 1.82) is 0 Å².